The second kappa shape index (κ2) is 10.6. The lowest BCUT2D eigenvalue weighted by Crippen LogP contribution is -2.26. The lowest BCUT2D eigenvalue weighted by Gasteiger charge is -2.14. The van der Waals surface area contributed by atoms with Crippen LogP contribution in [0.2, 0.25) is 0 Å². The molecule has 0 spiro atoms. The summed E-state index contributed by atoms with van der Waals surface area (Å²) in [7, 11) is 1.60. The normalized spacial score (nSPS) is 14.8. The Morgan fingerprint density at radius 2 is 1.83 bits per heavy atom. The number of amidine groups is 1. The summed E-state index contributed by atoms with van der Waals surface area (Å²) < 4.78 is 16.4. The quantitative estimate of drug-likeness (QED) is 0.323. The van der Waals surface area contributed by atoms with Gasteiger partial charge in [0.1, 0.15) is 23.9 Å². The number of carbonyl (C=O) groups excluding carboxylic acids is 2. The Labute approximate surface area is 202 Å². The number of carbonyl (C=O) groups is 2. The highest BCUT2D eigenvalue weighted by atomic mass is 16.6. The third kappa shape index (κ3) is 5.89. The Balaban J connectivity index is 1.30. The number of nitrogens with zero attached hydrogens (tertiary/aromatic N) is 1. The fraction of sp³-hybridized carbons (Fsp3) is 0.192. The van der Waals surface area contributed by atoms with E-state index in [0.29, 0.717) is 35.7 Å². The van der Waals surface area contributed by atoms with Crippen LogP contribution in [0.1, 0.15) is 21.5 Å². The van der Waals surface area contributed by atoms with Crippen molar-refractivity contribution in [2.24, 2.45) is 5.73 Å². The smallest absolute Gasteiger partial charge is 0.414 e. The molecule has 0 radical (unpaired) electrons. The van der Waals surface area contributed by atoms with E-state index in [1.165, 1.54) is 4.90 Å². The van der Waals surface area contributed by atoms with Gasteiger partial charge in [-0.3, -0.25) is 15.1 Å². The molecule has 35 heavy (non-hydrogen) atoms. The van der Waals surface area contributed by atoms with Crippen molar-refractivity contribution >= 4 is 23.5 Å². The predicted octanol–water partition coefficient (Wildman–Crippen LogP) is 3.31. The van der Waals surface area contributed by atoms with Crippen LogP contribution in [0, 0.1) is 5.41 Å². The maximum absolute atomic E-state index is 12.6. The van der Waals surface area contributed by atoms with Crippen LogP contribution in [-0.4, -0.2) is 44.2 Å². The molecule has 9 nitrogen and oxygen atoms in total. The first kappa shape index (κ1) is 23.6. The van der Waals surface area contributed by atoms with Crippen LogP contribution < -0.4 is 25.4 Å². The first-order valence-corrected chi connectivity index (χ1v) is 11.0. The van der Waals surface area contributed by atoms with Gasteiger partial charge in [-0.05, 0) is 60.2 Å². The van der Waals surface area contributed by atoms with Crippen LogP contribution >= 0.6 is 0 Å². The van der Waals surface area contributed by atoms with Crippen LogP contribution in [0.25, 0.3) is 0 Å². The highest BCUT2D eigenvalue weighted by molar-refractivity contribution is 5.96. The van der Waals surface area contributed by atoms with Gasteiger partial charge in [0, 0.05) is 23.4 Å². The van der Waals surface area contributed by atoms with Gasteiger partial charge in [0.25, 0.3) is 5.91 Å². The van der Waals surface area contributed by atoms with Gasteiger partial charge in [0.2, 0.25) is 0 Å². The third-order valence-electron chi connectivity index (χ3n) is 5.51. The Morgan fingerprint density at radius 3 is 2.51 bits per heavy atom. The molecule has 1 atom stereocenters. The first-order valence-electron chi connectivity index (χ1n) is 11.0. The number of hydrogen-bond donors (Lipinski definition) is 3. The zero-order chi connectivity index (χ0) is 24.8. The van der Waals surface area contributed by atoms with Gasteiger partial charge in [-0.25, -0.2) is 4.79 Å². The first-order chi connectivity index (χ1) is 16.9. The van der Waals surface area contributed by atoms with Crippen molar-refractivity contribution in [1.29, 1.82) is 5.41 Å². The highest BCUT2D eigenvalue weighted by Crippen LogP contribution is 2.23. The van der Waals surface area contributed by atoms with Crippen molar-refractivity contribution in [3.8, 4) is 11.5 Å². The Morgan fingerprint density at radius 1 is 1.09 bits per heavy atom. The summed E-state index contributed by atoms with van der Waals surface area (Å²) in [5, 5.41) is 10.4. The van der Waals surface area contributed by atoms with E-state index in [0.717, 1.165) is 11.3 Å². The third-order valence-corrected chi connectivity index (χ3v) is 5.51. The maximum Gasteiger partial charge on any atom is 0.414 e. The summed E-state index contributed by atoms with van der Waals surface area (Å²) >= 11 is 0. The van der Waals surface area contributed by atoms with Crippen molar-refractivity contribution in [3.63, 3.8) is 0 Å². The average molecular weight is 475 g/mol. The summed E-state index contributed by atoms with van der Waals surface area (Å²) in [6, 6.07) is 21.1. The topological polar surface area (TPSA) is 127 Å². The Kier molecular flexibility index (Phi) is 7.15. The molecule has 180 valence electrons. The number of amides is 2. The molecule has 1 fully saturated rings. The van der Waals surface area contributed by atoms with Crippen LogP contribution in [0.15, 0.2) is 72.8 Å². The lowest BCUT2D eigenvalue weighted by atomic mass is 10.1. The van der Waals surface area contributed by atoms with Crippen LogP contribution in [-0.2, 0) is 11.3 Å². The number of ether oxygens (including phenoxy) is 3. The molecule has 0 aliphatic carbocycles. The van der Waals surface area contributed by atoms with Crippen molar-refractivity contribution in [2.45, 2.75) is 12.6 Å². The van der Waals surface area contributed by atoms with Gasteiger partial charge in [0.15, 0.2) is 6.10 Å². The molecule has 2 amide bonds. The predicted molar refractivity (Wildman–Crippen MR) is 131 cm³/mol. The molecular formula is C26H26N4O5. The van der Waals surface area contributed by atoms with Crippen molar-refractivity contribution < 1.29 is 23.8 Å². The number of rotatable bonds is 9. The fourth-order valence-electron chi connectivity index (χ4n) is 3.58. The minimum Gasteiger partial charge on any atom is -0.497 e. The number of benzene rings is 3. The number of nitrogen functional groups attached to an aromatic ring is 1. The summed E-state index contributed by atoms with van der Waals surface area (Å²) in [6.45, 7) is 0.847. The van der Waals surface area contributed by atoms with E-state index in [1.807, 2.05) is 24.3 Å². The summed E-state index contributed by atoms with van der Waals surface area (Å²) in [5.41, 5.74) is 8.12. The zero-order valence-corrected chi connectivity index (χ0v) is 19.2. The average Bonchev–Trinajstić information content (AvgIpc) is 3.26. The molecule has 0 saturated carbocycles. The zero-order valence-electron chi connectivity index (χ0n) is 19.2. The lowest BCUT2D eigenvalue weighted by molar-refractivity contribution is 0.0950. The minimum atomic E-state index is -0.471. The number of nitrogens with one attached hydrogen (secondary N) is 2. The monoisotopic (exact) mass is 474 g/mol. The van der Waals surface area contributed by atoms with Crippen LogP contribution in [0.3, 0.4) is 0 Å². The molecule has 4 rings (SSSR count). The van der Waals surface area contributed by atoms with Gasteiger partial charge < -0.3 is 25.3 Å². The second-order valence-corrected chi connectivity index (χ2v) is 7.95. The highest BCUT2D eigenvalue weighted by Gasteiger charge is 2.32. The number of nitrogens with two attached hydrogens (primary N) is 1. The van der Waals surface area contributed by atoms with E-state index >= 15 is 0 Å². The number of cyclic esters (lactones) is 1. The maximum atomic E-state index is 12.6. The van der Waals surface area contributed by atoms with E-state index in [-0.39, 0.29) is 18.3 Å². The fourth-order valence-corrected chi connectivity index (χ4v) is 3.58. The SMILES string of the molecule is COc1ccc(CNC(=O)c2cccc(OCC3CN(c4ccc(C(=N)N)cc4)C(=O)O3)c2)cc1. The van der Waals surface area contributed by atoms with Crippen LogP contribution in [0.4, 0.5) is 10.5 Å². The molecule has 4 N–H and O–H groups in total. The van der Waals surface area contributed by atoms with Gasteiger partial charge in [-0.1, -0.05) is 18.2 Å². The second-order valence-electron chi connectivity index (χ2n) is 7.95. The summed E-state index contributed by atoms with van der Waals surface area (Å²) in [5.74, 6) is 0.997. The molecule has 1 heterocycles. The van der Waals surface area contributed by atoms with E-state index in [4.69, 9.17) is 25.4 Å². The summed E-state index contributed by atoms with van der Waals surface area (Å²) in [6.07, 6.45) is -0.941. The Hall–Kier alpha value is -4.53. The van der Waals surface area contributed by atoms with E-state index in [2.05, 4.69) is 5.32 Å². The number of methoxy groups -OCH3 is 1. The van der Waals surface area contributed by atoms with Crippen molar-refractivity contribution in [2.75, 3.05) is 25.2 Å². The number of hydrogen-bond acceptors (Lipinski definition) is 6. The van der Waals surface area contributed by atoms with Gasteiger partial charge in [-0.15, -0.1) is 0 Å². The standard InChI is InChI=1S/C26H26N4O5/c1-33-21-11-5-17(6-12-21)14-29-25(31)19-3-2-4-22(13-19)34-16-23-15-30(26(32)35-23)20-9-7-18(8-10-20)24(27)28/h2-13,23H,14-16H2,1H3,(H3,27,28)(H,29,31). The molecule has 0 aromatic heterocycles. The van der Waals surface area contributed by atoms with Crippen molar-refractivity contribution in [3.05, 3.63) is 89.5 Å². The van der Waals surface area contributed by atoms with Gasteiger partial charge in [0.05, 0.1) is 13.7 Å². The Bertz CT molecular complexity index is 1210. The van der Waals surface area contributed by atoms with E-state index in [1.54, 1.807) is 55.6 Å². The molecule has 3 aromatic rings. The molecule has 1 aliphatic rings. The molecule has 1 aliphatic heterocycles. The van der Waals surface area contributed by atoms with E-state index < -0.39 is 12.2 Å². The van der Waals surface area contributed by atoms with Crippen molar-refractivity contribution in [1.82, 2.24) is 5.32 Å². The molecular weight excluding hydrogens is 448 g/mol. The molecule has 9 heteroatoms. The number of anilines is 1. The molecule has 1 saturated heterocycles. The van der Waals surface area contributed by atoms with Gasteiger partial charge >= 0.3 is 6.09 Å². The molecule has 0 bridgehead atoms. The molecule has 1 unspecified atom stereocenters. The minimum absolute atomic E-state index is 0.0385. The molecule has 3 aromatic carbocycles. The summed E-state index contributed by atoms with van der Waals surface area (Å²) in [4.78, 5) is 26.4. The van der Waals surface area contributed by atoms with Gasteiger partial charge in [-0.2, -0.15) is 0 Å². The van der Waals surface area contributed by atoms with E-state index in [9.17, 15) is 9.59 Å². The van der Waals surface area contributed by atoms with Crippen LogP contribution in [0.5, 0.6) is 11.5 Å². The largest absolute Gasteiger partial charge is 0.497 e.